The lowest BCUT2D eigenvalue weighted by atomic mass is 9.87. The molecule has 3 aromatic rings. The van der Waals surface area contributed by atoms with Crippen LogP contribution in [0.1, 0.15) is 83.4 Å². The number of carbonyl (C=O) groups is 6. The number of alkyl halides is 1. The summed E-state index contributed by atoms with van der Waals surface area (Å²) >= 11 is 1.99. The summed E-state index contributed by atoms with van der Waals surface area (Å²) < 4.78 is 16.9. The van der Waals surface area contributed by atoms with Crippen LogP contribution in [0.4, 0.5) is 0 Å². The van der Waals surface area contributed by atoms with Crippen LogP contribution in [0, 0.1) is 36.0 Å². The molecule has 0 aliphatic carbocycles. The second kappa shape index (κ2) is 26.9. The molecule has 1 saturated heterocycles. The number of nitrogens with zero attached hydrogens (tertiary/aromatic N) is 1. The number of rotatable bonds is 27. The monoisotopic (exact) mass is 1000 g/mol. The van der Waals surface area contributed by atoms with Crippen LogP contribution in [-0.2, 0) is 51.1 Å². The second-order valence-corrected chi connectivity index (χ2v) is 18.7. The van der Waals surface area contributed by atoms with Crippen molar-refractivity contribution in [2.45, 2.75) is 97.2 Å². The standard InChI is InChI=1S/C52H66IN3O9/c1-7-38-19-22-44(23-20-38)64-34-48(59)65-52(6,35-53)49(60)46(29-37(4)5)55-51(62)42(30-40-16-12-9-13-17-40)32-47(58)45(28-36(2)3)54-50(61)41(21-18-39-14-10-8-11-15-39)31-43(57)33-56-24-26-63-27-25-56/h1,8-17,19-20,22-23,36-37,41-42,45-46H,18,21,24-35H2,2-6H3,(H,54,61)(H,55,62)/t41-,42-,45+,46+,52-/m1/s1. The number of hydrogen-bond donors (Lipinski definition) is 2. The summed E-state index contributed by atoms with van der Waals surface area (Å²) in [6.45, 7) is 11.5. The van der Waals surface area contributed by atoms with Crippen molar-refractivity contribution in [2.24, 2.45) is 23.7 Å². The molecule has 1 aliphatic rings. The highest BCUT2D eigenvalue weighted by atomic mass is 127. The van der Waals surface area contributed by atoms with E-state index in [0.717, 1.165) is 11.1 Å². The van der Waals surface area contributed by atoms with E-state index < -0.39 is 53.8 Å². The lowest BCUT2D eigenvalue weighted by Gasteiger charge is -2.32. The number of benzene rings is 3. The predicted molar refractivity (Wildman–Crippen MR) is 259 cm³/mol. The normalized spacial score (nSPS) is 15.7. The number of ketones is 3. The van der Waals surface area contributed by atoms with Crippen molar-refractivity contribution in [2.75, 3.05) is 43.9 Å². The fourth-order valence-corrected chi connectivity index (χ4v) is 8.34. The third-order valence-corrected chi connectivity index (χ3v) is 12.8. The maximum absolute atomic E-state index is 14.5. The first kappa shape index (κ1) is 52.7. The molecule has 1 fully saturated rings. The number of Topliss-reactive ketones (excluding diaryl/α,β-unsaturated/α-hetero) is 3. The molecule has 65 heavy (non-hydrogen) atoms. The molecule has 13 heteroatoms. The summed E-state index contributed by atoms with van der Waals surface area (Å²) in [5, 5.41) is 5.99. The molecule has 3 aromatic carbocycles. The maximum atomic E-state index is 14.5. The van der Waals surface area contributed by atoms with Crippen molar-refractivity contribution in [3.63, 3.8) is 0 Å². The number of terminal acetylenes is 1. The van der Waals surface area contributed by atoms with E-state index >= 15 is 0 Å². The summed E-state index contributed by atoms with van der Waals surface area (Å²) in [6.07, 6.45) is 7.00. The number of ether oxygens (including phenoxy) is 3. The molecule has 0 unspecified atom stereocenters. The fourth-order valence-electron chi connectivity index (χ4n) is 7.81. The maximum Gasteiger partial charge on any atom is 0.345 e. The van der Waals surface area contributed by atoms with Crippen LogP contribution in [-0.4, -0.2) is 102 Å². The summed E-state index contributed by atoms with van der Waals surface area (Å²) in [7, 11) is 0. The van der Waals surface area contributed by atoms with Crippen molar-refractivity contribution < 1.29 is 43.0 Å². The first-order chi connectivity index (χ1) is 31.1. The van der Waals surface area contributed by atoms with Gasteiger partial charge < -0.3 is 24.8 Å². The molecule has 0 spiro atoms. The molecule has 1 heterocycles. The van der Waals surface area contributed by atoms with Gasteiger partial charge in [0, 0.05) is 47.8 Å². The zero-order valence-electron chi connectivity index (χ0n) is 38.5. The van der Waals surface area contributed by atoms with Gasteiger partial charge in [0.25, 0.3) is 0 Å². The van der Waals surface area contributed by atoms with Crippen LogP contribution in [0.5, 0.6) is 5.75 Å². The van der Waals surface area contributed by atoms with Crippen molar-refractivity contribution >= 4 is 57.7 Å². The van der Waals surface area contributed by atoms with Gasteiger partial charge in [-0.1, -0.05) is 117 Å². The predicted octanol–water partition coefficient (Wildman–Crippen LogP) is 6.77. The number of hydrogen-bond acceptors (Lipinski definition) is 10. The Morgan fingerprint density at radius 1 is 0.785 bits per heavy atom. The lowest BCUT2D eigenvalue weighted by molar-refractivity contribution is -0.166. The summed E-state index contributed by atoms with van der Waals surface area (Å²) in [5.74, 6) is -1.19. The summed E-state index contributed by atoms with van der Waals surface area (Å²) in [4.78, 5) is 86.2. The van der Waals surface area contributed by atoms with E-state index in [-0.39, 0.29) is 66.0 Å². The average Bonchev–Trinajstić information content (AvgIpc) is 3.29. The van der Waals surface area contributed by atoms with E-state index in [2.05, 4.69) is 16.6 Å². The van der Waals surface area contributed by atoms with E-state index in [1.165, 1.54) is 6.92 Å². The first-order valence-corrected chi connectivity index (χ1v) is 24.2. The number of nitrogens with one attached hydrogen (secondary N) is 2. The molecule has 0 radical (unpaired) electrons. The van der Waals surface area contributed by atoms with Crippen molar-refractivity contribution in [3.8, 4) is 18.1 Å². The van der Waals surface area contributed by atoms with Crippen LogP contribution >= 0.6 is 22.6 Å². The Labute approximate surface area is 398 Å². The number of carbonyl (C=O) groups excluding carboxylic acids is 6. The minimum Gasteiger partial charge on any atom is -0.482 e. The largest absolute Gasteiger partial charge is 0.482 e. The Morgan fingerprint density at radius 2 is 1.35 bits per heavy atom. The summed E-state index contributed by atoms with van der Waals surface area (Å²) in [6, 6.07) is 23.7. The average molecular weight is 1000 g/mol. The molecule has 0 bridgehead atoms. The third-order valence-electron chi connectivity index (χ3n) is 11.4. The Bertz CT molecular complexity index is 2050. The van der Waals surface area contributed by atoms with Gasteiger partial charge in [-0.25, -0.2) is 4.79 Å². The van der Waals surface area contributed by atoms with Crippen molar-refractivity contribution in [1.82, 2.24) is 15.5 Å². The Morgan fingerprint density at radius 3 is 1.94 bits per heavy atom. The number of esters is 1. The minimum absolute atomic E-state index is 0.0116. The number of aryl methyl sites for hydroxylation is 1. The highest BCUT2D eigenvalue weighted by molar-refractivity contribution is 14.1. The minimum atomic E-state index is -1.61. The van der Waals surface area contributed by atoms with Crippen molar-refractivity contribution in [1.29, 1.82) is 0 Å². The topological polar surface area (TPSA) is 157 Å². The zero-order valence-corrected chi connectivity index (χ0v) is 40.7. The molecule has 1 aliphatic heterocycles. The van der Waals surface area contributed by atoms with E-state index in [1.807, 2.05) is 116 Å². The highest BCUT2D eigenvalue weighted by Crippen LogP contribution is 2.24. The fraction of sp³-hybridized carbons (Fsp3) is 0.500. The molecular weight excluding hydrogens is 937 g/mol. The third kappa shape index (κ3) is 18.1. The highest BCUT2D eigenvalue weighted by Gasteiger charge is 2.42. The Hall–Kier alpha value is -4.91. The van der Waals surface area contributed by atoms with Gasteiger partial charge >= 0.3 is 5.97 Å². The molecule has 5 atom stereocenters. The molecule has 12 nitrogen and oxygen atoms in total. The Balaban J connectivity index is 1.53. The SMILES string of the molecule is C#Cc1ccc(OCC(=O)O[C@](C)(CI)C(=O)[C@H](CC(C)C)NC(=O)[C@@H](CC(=O)[C@H](CC(C)C)NC(=O)[C@H](CCc2ccccc2)CC(=O)CN2CCOCC2)Cc2ccccc2)cc1. The molecular formula is C52H66IN3O9. The van der Waals surface area contributed by atoms with Gasteiger partial charge in [-0.3, -0.25) is 28.9 Å². The second-order valence-electron chi connectivity index (χ2n) is 18.0. The van der Waals surface area contributed by atoms with E-state index in [1.54, 1.807) is 24.3 Å². The first-order valence-electron chi connectivity index (χ1n) is 22.6. The Kier molecular flexibility index (Phi) is 21.8. The molecule has 4 rings (SSSR count). The van der Waals surface area contributed by atoms with Crippen molar-refractivity contribution in [3.05, 3.63) is 102 Å². The number of morpholine rings is 1. The van der Waals surface area contributed by atoms with Crippen LogP contribution < -0.4 is 15.4 Å². The van der Waals surface area contributed by atoms with Crippen LogP contribution in [0.2, 0.25) is 0 Å². The zero-order chi connectivity index (χ0) is 47.4. The summed E-state index contributed by atoms with van der Waals surface area (Å²) in [5.41, 5.74) is 0.899. The van der Waals surface area contributed by atoms with Gasteiger partial charge in [-0.15, -0.1) is 6.42 Å². The van der Waals surface area contributed by atoms with Crippen LogP contribution in [0.15, 0.2) is 84.9 Å². The molecule has 2 amide bonds. The quantitative estimate of drug-likeness (QED) is 0.0362. The number of amides is 2. The van der Waals surface area contributed by atoms with E-state index in [9.17, 15) is 28.8 Å². The molecule has 0 aromatic heterocycles. The van der Waals surface area contributed by atoms with Gasteiger partial charge in [0.2, 0.25) is 11.8 Å². The van der Waals surface area contributed by atoms with Gasteiger partial charge in [0.05, 0.1) is 31.8 Å². The number of halogens is 1. The van der Waals surface area contributed by atoms with Gasteiger partial charge in [0.1, 0.15) is 11.5 Å². The van der Waals surface area contributed by atoms with Gasteiger partial charge in [-0.2, -0.15) is 0 Å². The molecule has 2 N–H and O–H groups in total. The lowest BCUT2D eigenvalue weighted by Crippen LogP contribution is -2.55. The molecule has 350 valence electrons. The van der Waals surface area contributed by atoms with Gasteiger partial charge in [0.15, 0.2) is 23.8 Å². The van der Waals surface area contributed by atoms with Crippen LogP contribution in [0.3, 0.4) is 0 Å². The van der Waals surface area contributed by atoms with E-state index in [0.29, 0.717) is 56.9 Å². The molecule has 0 saturated carbocycles. The smallest absolute Gasteiger partial charge is 0.345 e. The van der Waals surface area contributed by atoms with Gasteiger partial charge in [-0.05, 0) is 86.3 Å². The van der Waals surface area contributed by atoms with Crippen LogP contribution in [0.25, 0.3) is 0 Å². The van der Waals surface area contributed by atoms with E-state index in [4.69, 9.17) is 20.6 Å².